The van der Waals surface area contributed by atoms with Crippen molar-refractivity contribution in [2.75, 3.05) is 53.4 Å². The summed E-state index contributed by atoms with van der Waals surface area (Å²) in [5, 5.41) is 5.97. The minimum atomic E-state index is -0.413. The van der Waals surface area contributed by atoms with Crippen LogP contribution in [0.4, 0.5) is 4.79 Å². The topological polar surface area (TPSA) is 56.8 Å². The van der Waals surface area contributed by atoms with E-state index in [1.54, 1.807) is 0 Å². The van der Waals surface area contributed by atoms with Gasteiger partial charge in [-0.3, -0.25) is 0 Å². The molecule has 0 radical (unpaired) electrons. The van der Waals surface area contributed by atoms with Gasteiger partial charge in [0.05, 0.1) is 18.8 Å². The summed E-state index contributed by atoms with van der Waals surface area (Å²) in [7, 11) is 4.25. The molecule has 27 heavy (non-hydrogen) atoms. The van der Waals surface area contributed by atoms with Crippen molar-refractivity contribution in [3.63, 3.8) is 0 Å². The Labute approximate surface area is 164 Å². The van der Waals surface area contributed by atoms with Gasteiger partial charge in [-0.15, -0.1) is 0 Å². The van der Waals surface area contributed by atoms with Gasteiger partial charge in [-0.05, 0) is 52.4 Å². The molecule has 0 bridgehead atoms. The first-order valence-electron chi connectivity index (χ1n) is 9.89. The van der Waals surface area contributed by atoms with Gasteiger partial charge in [-0.2, -0.15) is 0 Å². The molecule has 1 heterocycles. The van der Waals surface area contributed by atoms with Crippen LogP contribution in [0.15, 0.2) is 30.3 Å². The Morgan fingerprint density at radius 2 is 2.04 bits per heavy atom. The number of rotatable bonds is 10. The highest BCUT2D eigenvalue weighted by Crippen LogP contribution is 2.15. The molecule has 1 aliphatic heterocycles. The van der Waals surface area contributed by atoms with Crippen LogP contribution in [0.1, 0.15) is 25.8 Å². The zero-order valence-corrected chi connectivity index (χ0v) is 17.3. The number of likely N-dealkylation sites (tertiary alicyclic amines) is 1. The van der Waals surface area contributed by atoms with E-state index in [1.807, 2.05) is 44.2 Å². The van der Waals surface area contributed by atoms with E-state index >= 15 is 0 Å². The zero-order valence-electron chi connectivity index (χ0n) is 17.3. The summed E-state index contributed by atoms with van der Waals surface area (Å²) < 4.78 is 5.76. The Morgan fingerprint density at radius 3 is 2.74 bits per heavy atom. The molecule has 1 aromatic carbocycles. The standard InChI is InChI=1S/C21H36N4O2/c1-21(2,17-27-16-18-8-6-5-7-9-18)23-20(26)22-11-13-25-12-10-19(15-25)14-24(3)4/h5-9,19H,10-17H2,1-4H3,(H2,22,23,26)/t19-/m0/s1. The van der Waals surface area contributed by atoms with Crippen LogP contribution in [0.3, 0.4) is 0 Å². The van der Waals surface area contributed by atoms with Crippen LogP contribution < -0.4 is 10.6 Å². The van der Waals surface area contributed by atoms with Crippen molar-refractivity contribution in [2.24, 2.45) is 5.92 Å². The van der Waals surface area contributed by atoms with Gasteiger partial charge in [0.1, 0.15) is 0 Å². The summed E-state index contributed by atoms with van der Waals surface area (Å²) in [6.07, 6.45) is 1.25. The first-order valence-corrected chi connectivity index (χ1v) is 9.89. The number of carbonyl (C=O) groups is 1. The molecule has 1 saturated heterocycles. The van der Waals surface area contributed by atoms with Crippen molar-refractivity contribution in [2.45, 2.75) is 32.4 Å². The van der Waals surface area contributed by atoms with Crippen molar-refractivity contribution in [1.29, 1.82) is 0 Å². The van der Waals surface area contributed by atoms with Crippen LogP contribution in [0.2, 0.25) is 0 Å². The van der Waals surface area contributed by atoms with Gasteiger partial charge in [0.2, 0.25) is 0 Å². The Morgan fingerprint density at radius 1 is 1.30 bits per heavy atom. The number of ether oxygens (including phenoxy) is 1. The van der Waals surface area contributed by atoms with E-state index in [0.29, 0.717) is 19.8 Å². The van der Waals surface area contributed by atoms with Gasteiger partial charge in [0.25, 0.3) is 0 Å². The second-order valence-corrected chi connectivity index (χ2v) is 8.46. The molecule has 2 amide bonds. The van der Waals surface area contributed by atoms with Crippen molar-refractivity contribution < 1.29 is 9.53 Å². The second-order valence-electron chi connectivity index (χ2n) is 8.46. The molecule has 0 aliphatic carbocycles. The summed E-state index contributed by atoms with van der Waals surface area (Å²) in [4.78, 5) is 16.9. The Bertz CT molecular complexity index is 563. The van der Waals surface area contributed by atoms with Crippen LogP contribution in [0.5, 0.6) is 0 Å². The third kappa shape index (κ3) is 8.73. The minimum absolute atomic E-state index is 0.132. The third-order valence-electron chi connectivity index (χ3n) is 4.73. The highest BCUT2D eigenvalue weighted by atomic mass is 16.5. The van der Waals surface area contributed by atoms with E-state index in [1.165, 1.54) is 6.42 Å². The quantitative estimate of drug-likeness (QED) is 0.657. The van der Waals surface area contributed by atoms with Crippen LogP contribution in [-0.2, 0) is 11.3 Å². The van der Waals surface area contributed by atoms with E-state index in [0.717, 1.165) is 37.7 Å². The lowest BCUT2D eigenvalue weighted by Crippen LogP contribution is -2.51. The fraction of sp³-hybridized carbons (Fsp3) is 0.667. The third-order valence-corrected chi connectivity index (χ3v) is 4.73. The lowest BCUT2D eigenvalue weighted by molar-refractivity contribution is 0.0743. The maximum absolute atomic E-state index is 12.2. The lowest BCUT2D eigenvalue weighted by Gasteiger charge is -2.26. The fourth-order valence-electron chi connectivity index (χ4n) is 3.49. The van der Waals surface area contributed by atoms with Crippen LogP contribution in [0.25, 0.3) is 0 Å². The molecular formula is C21H36N4O2. The molecule has 0 saturated carbocycles. The Balaban J connectivity index is 1.58. The van der Waals surface area contributed by atoms with Crippen molar-refractivity contribution in [3.8, 4) is 0 Å². The number of nitrogens with one attached hydrogen (secondary N) is 2. The van der Waals surface area contributed by atoms with E-state index < -0.39 is 5.54 Å². The molecule has 6 nitrogen and oxygen atoms in total. The van der Waals surface area contributed by atoms with Gasteiger partial charge < -0.3 is 25.2 Å². The monoisotopic (exact) mass is 376 g/mol. The molecule has 1 aromatic rings. The fourth-order valence-corrected chi connectivity index (χ4v) is 3.49. The number of amides is 2. The number of benzene rings is 1. The first kappa shape index (κ1) is 21.7. The maximum atomic E-state index is 12.2. The summed E-state index contributed by atoms with van der Waals surface area (Å²) in [6, 6.07) is 9.93. The summed E-state index contributed by atoms with van der Waals surface area (Å²) >= 11 is 0. The summed E-state index contributed by atoms with van der Waals surface area (Å²) in [6.45, 7) is 9.93. The molecule has 0 unspecified atom stereocenters. The van der Waals surface area contributed by atoms with Crippen LogP contribution >= 0.6 is 0 Å². The maximum Gasteiger partial charge on any atom is 0.315 e. The largest absolute Gasteiger partial charge is 0.374 e. The van der Waals surface area contributed by atoms with Crippen LogP contribution in [0, 0.1) is 5.92 Å². The molecule has 2 N–H and O–H groups in total. The molecule has 2 rings (SSSR count). The predicted molar refractivity (Wildman–Crippen MR) is 110 cm³/mol. The number of carbonyl (C=O) groups excluding carboxylic acids is 1. The molecular weight excluding hydrogens is 340 g/mol. The highest BCUT2D eigenvalue weighted by Gasteiger charge is 2.23. The van der Waals surface area contributed by atoms with Crippen molar-refractivity contribution in [1.82, 2.24) is 20.4 Å². The number of hydrogen-bond donors (Lipinski definition) is 2. The SMILES string of the molecule is CN(C)C[C@@H]1CCN(CCNC(=O)NC(C)(C)COCc2ccccc2)C1. The summed E-state index contributed by atoms with van der Waals surface area (Å²) in [5.74, 6) is 0.745. The van der Waals surface area contributed by atoms with Gasteiger partial charge in [0, 0.05) is 26.2 Å². The van der Waals surface area contributed by atoms with E-state index in [4.69, 9.17) is 4.74 Å². The van der Waals surface area contributed by atoms with Gasteiger partial charge in [0.15, 0.2) is 0 Å². The number of urea groups is 1. The molecule has 152 valence electrons. The second kappa shape index (κ2) is 10.6. The van der Waals surface area contributed by atoms with Gasteiger partial charge in [-0.1, -0.05) is 30.3 Å². The first-order chi connectivity index (χ1) is 12.8. The van der Waals surface area contributed by atoms with Gasteiger partial charge >= 0.3 is 6.03 Å². The van der Waals surface area contributed by atoms with Crippen molar-refractivity contribution >= 4 is 6.03 Å². The van der Waals surface area contributed by atoms with Crippen LogP contribution in [-0.4, -0.2) is 74.8 Å². The van der Waals surface area contributed by atoms with Gasteiger partial charge in [-0.25, -0.2) is 4.79 Å². The highest BCUT2D eigenvalue weighted by molar-refractivity contribution is 5.74. The Kier molecular flexibility index (Phi) is 8.54. The average molecular weight is 377 g/mol. The predicted octanol–water partition coefficient (Wildman–Crippen LogP) is 2.16. The molecule has 1 aliphatic rings. The van der Waals surface area contributed by atoms with Crippen molar-refractivity contribution in [3.05, 3.63) is 35.9 Å². The molecule has 0 spiro atoms. The van der Waals surface area contributed by atoms with E-state index in [2.05, 4.69) is 34.5 Å². The molecule has 1 fully saturated rings. The molecule has 1 atom stereocenters. The summed E-state index contributed by atoms with van der Waals surface area (Å²) in [5.41, 5.74) is 0.722. The number of nitrogens with zero attached hydrogens (tertiary/aromatic N) is 2. The average Bonchev–Trinajstić information content (AvgIpc) is 3.01. The zero-order chi connectivity index (χ0) is 19.7. The lowest BCUT2D eigenvalue weighted by atomic mass is 10.1. The Hall–Kier alpha value is -1.63. The smallest absolute Gasteiger partial charge is 0.315 e. The van der Waals surface area contributed by atoms with E-state index in [-0.39, 0.29) is 6.03 Å². The van der Waals surface area contributed by atoms with E-state index in [9.17, 15) is 4.79 Å². The molecule has 6 heteroatoms. The number of hydrogen-bond acceptors (Lipinski definition) is 4. The minimum Gasteiger partial charge on any atom is -0.374 e. The molecule has 0 aromatic heterocycles. The normalized spacial score (nSPS) is 18.0.